The highest BCUT2D eigenvalue weighted by Crippen LogP contribution is 2.16. The fourth-order valence-electron chi connectivity index (χ4n) is 2.04. The number of benzene rings is 1. The molecule has 0 saturated heterocycles. The van der Waals surface area contributed by atoms with Gasteiger partial charge in [0.05, 0.1) is 0 Å². The Morgan fingerprint density at radius 3 is 2.52 bits per heavy atom. The number of nitrogens with zero attached hydrogens (tertiary/aromatic N) is 2. The normalized spacial score (nSPS) is 11.0. The quantitative estimate of drug-likeness (QED) is 0.671. The summed E-state index contributed by atoms with van der Waals surface area (Å²) in [4.78, 5) is 4.29. The first-order chi connectivity index (χ1) is 10.2. The van der Waals surface area contributed by atoms with Crippen LogP contribution in [0.15, 0.2) is 28.8 Å². The molecule has 1 heterocycles. The Bertz CT molecular complexity index is 532. The lowest BCUT2D eigenvalue weighted by atomic mass is 10.1. The predicted molar refractivity (Wildman–Crippen MR) is 82.4 cm³/mol. The highest BCUT2D eigenvalue weighted by molar-refractivity contribution is 5.27. The van der Waals surface area contributed by atoms with Gasteiger partial charge in [-0.15, -0.1) is 0 Å². The molecule has 0 atom stereocenters. The molecule has 0 bridgehead atoms. The molecule has 0 aliphatic heterocycles. The van der Waals surface area contributed by atoms with Gasteiger partial charge in [0.15, 0.2) is 12.4 Å². The van der Waals surface area contributed by atoms with E-state index in [9.17, 15) is 0 Å². The Labute approximate surface area is 126 Å². The second kappa shape index (κ2) is 7.81. The lowest BCUT2D eigenvalue weighted by Gasteiger charge is -2.05. The molecule has 0 fully saturated rings. The first-order valence-electron chi connectivity index (χ1n) is 7.73. The molecule has 2 aromatic rings. The highest BCUT2D eigenvalue weighted by Gasteiger charge is 2.09. The number of aromatic nitrogens is 2. The standard InChI is InChI=1S/C17H24N2O2/c1-4-5-6-7-14-8-10-15(11-9-14)20-12-16-18-17(13(2)3)19-21-16/h8-11,13H,4-7,12H2,1-3H3. The molecule has 0 aliphatic carbocycles. The highest BCUT2D eigenvalue weighted by atomic mass is 16.5. The van der Waals surface area contributed by atoms with Crippen molar-refractivity contribution < 1.29 is 9.26 Å². The zero-order valence-electron chi connectivity index (χ0n) is 13.1. The summed E-state index contributed by atoms with van der Waals surface area (Å²) in [6.45, 7) is 6.60. The van der Waals surface area contributed by atoms with Gasteiger partial charge in [0.2, 0.25) is 0 Å². The fraction of sp³-hybridized carbons (Fsp3) is 0.529. The van der Waals surface area contributed by atoms with E-state index in [-0.39, 0.29) is 5.92 Å². The molecular weight excluding hydrogens is 264 g/mol. The third kappa shape index (κ3) is 4.88. The van der Waals surface area contributed by atoms with Gasteiger partial charge in [-0.05, 0) is 30.5 Å². The van der Waals surface area contributed by atoms with Crippen molar-refractivity contribution in [1.82, 2.24) is 10.1 Å². The molecule has 0 unspecified atom stereocenters. The molecule has 0 spiro atoms. The van der Waals surface area contributed by atoms with E-state index in [0.29, 0.717) is 12.5 Å². The Morgan fingerprint density at radius 1 is 1.14 bits per heavy atom. The van der Waals surface area contributed by atoms with Crippen molar-refractivity contribution in [2.75, 3.05) is 0 Å². The first kappa shape index (κ1) is 15.5. The Kier molecular flexibility index (Phi) is 5.78. The Morgan fingerprint density at radius 2 is 1.90 bits per heavy atom. The van der Waals surface area contributed by atoms with Crippen LogP contribution in [-0.4, -0.2) is 10.1 Å². The van der Waals surface area contributed by atoms with Crippen LogP contribution in [0.2, 0.25) is 0 Å². The third-order valence-corrected chi connectivity index (χ3v) is 3.35. The number of hydrogen-bond donors (Lipinski definition) is 0. The maximum absolute atomic E-state index is 5.67. The summed E-state index contributed by atoms with van der Waals surface area (Å²) in [6, 6.07) is 8.25. The van der Waals surface area contributed by atoms with E-state index in [1.54, 1.807) is 0 Å². The topological polar surface area (TPSA) is 48.2 Å². The van der Waals surface area contributed by atoms with E-state index in [2.05, 4.69) is 29.2 Å². The van der Waals surface area contributed by atoms with Crippen LogP contribution in [0.25, 0.3) is 0 Å². The molecule has 0 aliphatic rings. The molecule has 114 valence electrons. The molecule has 1 aromatic heterocycles. The van der Waals surface area contributed by atoms with Crippen LogP contribution in [0.4, 0.5) is 0 Å². The van der Waals surface area contributed by atoms with Gasteiger partial charge < -0.3 is 9.26 Å². The molecule has 2 rings (SSSR count). The SMILES string of the molecule is CCCCCc1ccc(OCc2nc(C(C)C)no2)cc1. The smallest absolute Gasteiger partial charge is 0.264 e. The summed E-state index contributed by atoms with van der Waals surface area (Å²) < 4.78 is 10.8. The second-order valence-corrected chi connectivity index (χ2v) is 5.59. The average molecular weight is 288 g/mol. The van der Waals surface area contributed by atoms with Crippen LogP contribution in [-0.2, 0) is 13.0 Å². The number of unbranched alkanes of at least 4 members (excludes halogenated alkanes) is 2. The molecular formula is C17H24N2O2. The molecule has 0 N–H and O–H groups in total. The zero-order valence-corrected chi connectivity index (χ0v) is 13.1. The molecule has 4 heteroatoms. The van der Waals surface area contributed by atoms with Crippen LogP contribution in [0.1, 0.15) is 63.2 Å². The zero-order chi connectivity index (χ0) is 15.1. The molecule has 0 saturated carbocycles. The van der Waals surface area contributed by atoms with Crippen LogP contribution in [0.5, 0.6) is 5.75 Å². The molecule has 0 radical (unpaired) electrons. The number of ether oxygens (including phenoxy) is 1. The third-order valence-electron chi connectivity index (χ3n) is 3.35. The Hall–Kier alpha value is -1.84. The van der Waals surface area contributed by atoms with Crippen molar-refractivity contribution in [1.29, 1.82) is 0 Å². The minimum atomic E-state index is 0.268. The summed E-state index contributed by atoms with van der Waals surface area (Å²) in [7, 11) is 0. The molecule has 21 heavy (non-hydrogen) atoms. The summed E-state index contributed by atoms with van der Waals surface area (Å²) in [5, 5.41) is 3.92. The van der Waals surface area contributed by atoms with Gasteiger partial charge in [0.25, 0.3) is 5.89 Å². The van der Waals surface area contributed by atoms with Gasteiger partial charge >= 0.3 is 0 Å². The molecule has 4 nitrogen and oxygen atoms in total. The molecule has 0 amide bonds. The number of aryl methyl sites for hydroxylation is 1. The van der Waals surface area contributed by atoms with Crippen molar-refractivity contribution in [2.24, 2.45) is 0 Å². The van der Waals surface area contributed by atoms with E-state index < -0.39 is 0 Å². The minimum Gasteiger partial charge on any atom is -0.484 e. The van der Waals surface area contributed by atoms with Crippen LogP contribution >= 0.6 is 0 Å². The van der Waals surface area contributed by atoms with E-state index in [1.807, 2.05) is 26.0 Å². The second-order valence-electron chi connectivity index (χ2n) is 5.59. The fourth-order valence-corrected chi connectivity index (χ4v) is 2.04. The summed E-state index contributed by atoms with van der Waals surface area (Å²) in [5.74, 6) is 2.34. The van der Waals surface area contributed by atoms with E-state index in [4.69, 9.17) is 9.26 Å². The average Bonchev–Trinajstić information content (AvgIpc) is 2.96. The van der Waals surface area contributed by atoms with E-state index in [1.165, 1.54) is 24.8 Å². The van der Waals surface area contributed by atoms with Crippen molar-refractivity contribution >= 4 is 0 Å². The van der Waals surface area contributed by atoms with Gasteiger partial charge in [-0.2, -0.15) is 4.98 Å². The summed E-state index contributed by atoms with van der Waals surface area (Å²) in [5.41, 5.74) is 1.36. The van der Waals surface area contributed by atoms with Crippen molar-refractivity contribution in [2.45, 2.75) is 59.0 Å². The van der Waals surface area contributed by atoms with E-state index in [0.717, 1.165) is 18.0 Å². The van der Waals surface area contributed by atoms with Crippen LogP contribution < -0.4 is 4.74 Å². The summed E-state index contributed by atoms with van der Waals surface area (Å²) >= 11 is 0. The van der Waals surface area contributed by atoms with Gasteiger partial charge in [0.1, 0.15) is 5.75 Å². The monoisotopic (exact) mass is 288 g/mol. The maximum atomic E-state index is 5.67. The minimum absolute atomic E-state index is 0.268. The lowest BCUT2D eigenvalue weighted by Crippen LogP contribution is -1.97. The summed E-state index contributed by atoms with van der Waals surface area (Å²) in [6.07, 6.45) is 4.92. The van der Waals surface area contributed by atoms with Gasteiger partial charge in [-0.3, -0.25) is 0 Å². The number of hydrogen-bond acceptors (Lipinski definition) is 4. The van der Waals surface area contributed by atoms with Crippen molar-refractivity contribution in [3.05, 3.63) is 41.5 Å². The number of rotatable bonds is 8. The largest absolute Gasteiger partial charge is 0.484 e. The van der Waals surface area contributed by atoms with Crippen molar-refractivity contribution in [3.8, 4) is 5.75 Å². The van der Waals surface area contributed by atoms with Crippen molar-refractivity contribution in [3.63, 3.8) is 0 Å². The predicted octanol–water partition coefficient (Wildman–Crippen LogP) is 4.50. The van der Waals surface area contributed by atoms with E-state index >= 15 is 0 Å². The lowest BCUT2D eigenvalue weighted by molar-refractivity contribution is 0.242. The maximum Gasteiger partial charge on any atom is 0.264 e. The van der Waals surface area contributed by atoms with Gasteiger partial charge in [-0.1, -0.05) is 50.9 Å². The van der Waals surface area contributed by atoms with Crippen LogP contribution in [0.3, 0.4) is 0 Å². The van der Waals surface area contributed by atoms with Crippen LogP contribution in [0, 0.1) is 0 Å². The van der Waals surface area contributed by atoms with Gasteiger partial charge in [-0.25, -0.2) is 0 Å². The first-order valence-corrected chi connectivity index (χ1v) is 7.73. The Balaban J connectivity index is 1.82. The molecule has 1 aromatic carbocycles. The van der Waals surface area contributed by atoms with Gasteiger partial charge in [0, 0.05) is 5.92 Å².